The fraction of sp³-hybridized carbons (Fsp3) is 0.696. The van der Waals surface area contributed by atoms with Gasteiger partial charge in [0.25, 0.3) is 0 Å². The van der Waals surface area contributed by atoms with Crippen LogP contribution in [0.15, 0.2) is 18.2 Å². The monoisotopic (exact) mass is 392 g/mol. The Balaban J connectivity index is 2.73. The maximum atomic E-state index is 6.20. The molecule has 0 saturated heterocycles. The average molecular weight is 393 g/mol. The summed E-state index contributed by atoms with van der Waals surface area (Å²) in [5.74, 6) is 1.04. The first kappa shape index (κ1) is 23.7. The average Bonchev–Trinajstić information content (AvgIpc) is 2.64. The summed E-state index contributed by atoms with van der Waals surface area (Å²) in [5, 5.41) is 7.06. The van der Waals surface area contributed by atoms with Crippen molar-refractivity contribution in [2.75, 3.05) is 19.7 Å². The molecule has 0 saturated carbocycles. The minimum absolute atomic E-state index is 0.106. The molecule has 0 aliphatic rings. The van der Waals surface area contributed by atoms with Crippen molar-refractivity contribution in [2.24, 2.45) is 0 Å². The first-order valence-electron chi connectivity index (χ1n) is 10.5. The highest BCUT2D eigenvalue weighted by molar-refractivity contribution is 7.80. The highest BCUT2D eigenvalue weighted by Gasteiger charge is 2.26. The molecule has 0 bridgehead atoms. The van der Waals surface area contributed by atoms with Gasteiger partial charge < -0.3 is 15.4 Å². The number of rotatable bonds is 11. The maximum absolute atomic E-state index is 6.20. The Labute approximate surface area is 172 Å². The molecule has 4 heteroatoms. The molecule has 0 unspecified atom stereocenters. The summed E-state index contributed by atoms with van der Waals surface area (Å²) in [6.07, 6.45) is 4.26. The summed E-state index contributed by atoms with van der Waals surface area (Å²) >= 11 is 5.18. The van der Waals surface area contributed by atoms with Gasteiger partial charge in [0.2, 0.25) is 0 Å². The highest BCUT2D eigenvalue weighted by atomic mass is 32.1. The maximum Gasteiger partial charge on any atom is 0.166 e. The normalized spacial score (nSPS) is 12.0. The number of ether oxygens (including phenoxy) is 1. The van der Waals surface area contributed by atoms with E-state index in [2.05, 4.69) is 70.4 Å². The van der Waals surface area contributed by atoms with E-state index in [0.717, 1.165) is 56.2 Å². The SMILES string of the molecule is CCNC(=S)NCCCCOc1ccc(C(C)(C)CC)cc1C(C)(C)CC. The van der Waals surface area contributed by atoms with Crippen molar-refractivity contribution in [3.8, 4) is 5.75 Å². The van der Waals surface area contributed by atoms with E-state index >= 15 is 0 Å². The summed E-state index contributed by atoms with van der Waals surface area (Å²) in [6, 6.07) is 6.79. The van der Waals surface area contributed by atoms with Gasteiger partial charge in [0, 0.05) is 18.7 Å². The zero-order valence-electron chi connectivity index (χ0n) is 18.5. The van der Waals surface area contributed by atoms with Crippen molar-refractivity contribution >= 4 is 17.3 Å². The lowest BCUT2D eigenvalue weighted by atomic mass is 9.76. The molecule has 0 fully saturated rings. The summed E-state index contributed by atoms with van der Waals surface area (Å²) in [5.41, 5.74) is 3.02. The minimum atomic E-state index is 0.106. The lowest BCUT2D eigenvalue weighted by molar-refractivity contribution is 0.296. The van der Waals surface area contributed by atoms with Crippen LogP contribution < -0.4 is 15.4 Å². The molecule has 2 N–H and O–H groups in total. The second-order valence-electron chi connectivity index (χ2n) is 8.53. The van der Waals surface area contributed by atoms with Crippen LogP contribution in [0.3, 0.4) is 0 Å². The van der Waals surface area contributed by atoms with E-state index in [-0.39, 0.29) is 10.8 Å². The number of hydrogen-bond acceptors (Lipinski definition) is 2. The number of hydrogen-bond donors (Lipinski definition) is 2. The van der Waals surface area contributed by atoms with Crippen LogP contribution in [-0.4, -0.2) is 24.8 Å². The Morgan fingerprint density at radius 3 is 2.22 bits per heavy atom. The van der Waals surface area contributed by atoms with E-state index in [1.165, 1.54) is 11.1 Å². The number of unbranched alkanes of at least 4 members (excludes halogenated alkanes) is 1. The summed E-state index contributed by atoms with van der Waals surface area (Å²) < 4.78 is 6.20. The molecule has 0 aromatic heterocycles. The van der Waals surface area contributed by atoms with Gasteiger partial charge in [0.05, 0.1) is 6.61 Å². The fourth-order valence-corrected chi connectivity index (χ4v) is 3.08. The number of nitrogens with one attached hydrogen (secondary N) is 2. The molecule has 0 heterocycles. The molecule has 0 atom stereocenters. The molecule has 154 valence electrons. The van der Waals surface area contributed by atoms with Crippen LogP contribution in [0, 0.1) is 0 Å². The third-order valence-corrected chi connectivity index (χ3v) is 6.00. The molecule has 1 aromatic rings. The van der Waals surface area contributed by atoms with Crippen molar-refractivity contribution < 1.29 is 4.74 Å². The summed E-state index contributed by atoms with van der Waals surface area (Å²) in [6.45, 7) is 18.3. The van der Waals surface area contributed by atoms with Crippen LogP contribution in [0.25, 0.3) is 0 Å². The van der Waals surface area contributed by atoms with Crippen molar-refractivity contribution in [1.29, 1.82) is 0 Å². The van der Waals surface area contributed by atoms with Crippen LogP contribution in [0.5, 0.6) is 5.75 Å². The molecular weight excluding hydrogens is 352 g/mol. The van der Waals surface area contributed by atoms with Crippen LogP contribution >= 0.6 is 12.2 Å². The Morgan fingerprint density at radius 2 is 1.63 bits per heavy atom. The Morgan fingerprint density at radius 1 is 0.963 bits per heavy atom. The largest absolute Gasteiger partial charge is 0.493 e. The molecule has 0 spiro atoms. The van der Waals surface area contributed by atoms with Gasteiger partial charge in [-0.2, -0.15) is 0 Å². The molecule has 0 aliphatic carbocycles. The van der Waals surface area contributed by atoms with E-state index in [0.29, 0.717) is 0 Å². The third-order valence-electron chi connectivity index (χ3n) is 5.71. The second kappa shape index (κ2) is 10.9. The van der Waals surface area contributed by atoms with E-state index in [1.54, 1.807) is 0 Å². The number of thiocarbonyl (C=S) groups is 1. The van der Waals surface area contributed by atoms with E-state index in [4.69, 9.17) is 17.0 Å². The summed E-state index contributed by atoms with van der Waals surface area (Å²) in [4.78, 5) is 0. The molecular formula is C23H40N2OS. The third kappa shape index (κ3) is 7.33. The van der Waals surface area contributed by atoms with E-state index in [9.17, 15) is 0 Å². The standard InChI is InChI=1S/C23H40N2OS/c1-8-22(4,5)18-13-14-20(19(17-18)23(6,7)9-2)26-16-12-11-15-25-21(27)24-10-3/h13-14,17H,8-12,15-16H2,1-7H3,(H2,24,25,27). The van der Waals surface area contributed by atoms with Crippen LogP contribution in [0.1, 0.15) is 85.3 Å². The van der Waals surface area contributed by atoms with E-state index < -0.39 is 0 Å². The molecule has 0 amide bonds. The van der Waals surface area contributed by atoms with Gasteiger partial charge in [0.15, 0.2) is 5.11 Å². The Kier molecular flexibility index (Phi) is 9.58. The smallest absolute Gasteiger partial charge is 0.166 e. The summed E-state index contributed by atoms with van der Waals surface area (Å²) in [7, 11) is 0. The molecule has 0 radical (unpaired) electrons. The van der Waals surface area contributed by atoms with Gasteiger partial charge in [-0.25, -0.2) is 0 Å². The fourth-order valence-electron chi connectivity index (χ4n) is 2.83. The predicted octanol–water partition coefficient (Wildman–Crippen LogP) is 5.70. The highest BCUT2D eigenvalue weighted by Crippen LogP contribution is 2.38. The van der Waals surface area contributed by atoms with Gasteiger partial charge in [0.1, 0.15) is 5.75 Å². The second-order valence-corrected chi connectivity index (χ2v) is 8.94. The van der Waals surface area contributed by atoms with Crippen LogP contribution in [-0.2, 0) is 10.8 Å². The Hall–Kier alpha value is -1.29. The van der Waals surface area contributed by atoms with Crippen LogP contribution in [0.4, 0.5) is 0 Å². The zero-order valence-corrected chi connectivity index (χ0v) is 19.3. The van der Waals surface area contributed by atoms with Gasteiger partial charge in [-0.15, -0.1) is 0 Å². The van der Waals surface area contributed by atoms with Gasteiger partial charge in [-0.1, -0.05) is 53.7 Å². The quantitative estimate of drug-likeness (QED) is 0.373. The van der Waals surface area contributed by atoms with Crippen LogP contribution in [0.2, 0.25) is 0 Å². The molecule has 3 nitrogen and oxygen atoms in total. The van der Waals surface area contributed by atoms with Gasteiger partial charge >= 0.3 is 0 Å². The van der Waals surface area contributed by atoms with Gasteiger partial charge in [-0.05, 0) is 67.3 Å². The van der Waals surface area contributed by atoms with E-state index in [1.807, 2.05) is 6.92 Å². The van der Waals surface area contributed by atoms with Crippen molar-refractivity contribution in [3.63, 3.8) is 0 Å². The zero-order chi connectivity index (χ0) is 20.5. The van der Waals surface area contributed by atoms with Crippen molar-refractivity contribution in [2.45, 2.75) is 85.0 Å². The molecule has 1 aromatic carbocycles. The first-order chi connectivity index (χ1) is 12.7. The lowest BCUT2D eigenvalue weighted by Gasteiger charge is -2.30. The first-order valence-corrected chi connectivity index (χ1v) is 10.9. The lowest BCUT2D eigenvalue weighted by Crippen LogP contribution is -2.35. The molecule has 0 aliphatic heterocycles. The molecule has 27 heavy (non-hydrogen) atoms. The Bertz CT molecular complexity index is 596. The number of benzene rings is 1. The predicted molar refractivity (Wildman–Crippen MR) is 122 cm³/mol. The topological polar surface area (TPSA) is 33.3 Å². The van der Waals surface area contributed by atoms with Crippen molar-refractivity contribution in [3.05, 3.63) is 29.3 Å². The van der Waals surface area contributed by atoms with Gasteiger partial charge in [-0.3, -0.25) is 0 Å². The van der Waals surface area contributed by atoms with Crippen molar-refractivity contribution in [1.82, 2.24) is 10.6 Å². The molecule has 1 rings (SSSR count). The minimum Gasteiger partial charge on any atom is -0.493 e.